The van der Waals surface area contributed by atoms with Crippen molar-refractivity contribution in [2.45, 2.75) is 19.8 Å². The number of piperazine rings is 1. The molecule has 0 amide bonds. The molecule has 0 spiro atoms. The minimum atomic E-state index is -2.98. The first kappa shape index (κ1) is 13.6. The fourth-order valence-electron chi connectivity index (χ4n) is 3.81. The first-order valence-corrected chi connectivity index (χ1v) is 9.08. The van der Waals surface area contributed by atoms with Gasteiger partial charge in [0.1, 0.15) is 0 Å². The first-order chi connectivity index (χ1) is 9.08. The van der Waals surface area contributed by atoms with Crippen LogP contribution in [-0.4, -0.2) is 56.1 Å². The molecule has 3 atom stereocenters. The van der Waals surface area contributed by atoms with Gasteiger partial charge in [0.15, 0.2) is 0 Å². The molecule has 2 aliphatic carbocycles. The van der Waals surface area contributed by atoms with Gasteiger partial charge in [-0.1, -0.05) is 12.2 Å². The van der Waals surface area contributed by atoms with E-state index in [1.165, 1.54) is 12.8 Å². The highest BCUT2D eigenvalue weighted by molar-refractivity contribution is 7.89. The molecule has 3 aliphatic rings. The predicted octanol–water partition coefficient (Wildman–Crippen LogP) is 1.17. The lowest BCUT2D eigenvalue weighted by Crippen LogP contribution is -2.50. The van der Waals surface area contributed by atoms with Crippen molar-refractivity contribution in [1.82, 2.24) is 9.21 Å². The molecular formula is C14H24N2O2S. The van der Waals surface area contributed by atoms with Gasteiger partial charge in [0.2, 0.25) is 10.0 Å². The van der Waals surface area contributed by atoms with Gasteiger partial charge >= 0.3 is 0 Å². The fraction of sp³-hybridized carbons (Fsp3) is 0.857. The van der Waals surface area contributed by atoms with E-state index < -0.39 is 10.0 Å². The number of sulfonamides is 1. The quantitative estimate of drug-likeness (QED) is 0.728. The molecule has 1 saturated carbocycles. The Bertz CT molecular complexity index is 452. The van der Waals surface area contributed by atoms with Crippen LogP contribution in [0.5, 0.6) is 0 Å². The summed E-state index contributed by atoms with van der Waals surface area (Å²) in [7, 11) is -2.98. The van der Waals surface area contributed by atoms with E-state index in [-0.39, 0.29) is 5.75 Å². The number of fused-ring (bicyclic) bond motifs is 2. The van der Waals surface area contributed by atoms with Gasteiger partial charge in [-0.2, -0.15) is 4.31 Å². The van der Waals surface area contributed by atoms with Crippen LogP contribution in [0.3, 0.4) is 0 Å². The van der Waals surface area contributed by atoms with Gasteiger partial charge in [-0.05, 0) is 37.5 Å². The van der Waals surface area contributed by atoms with Crippen LogP contribution in [0, 0.1) is 17.8 Å². The van der Waals surface area contributed by atoms with Crippen LogP contribution in [-0.2, 0) is 10.0 Å². The second-order valence-corrected chi connectivity index (χ2v) is 8.40. The zero-order valence-corrected chi connectivity index (χ0v) is 12.5. The topological polar surface area (TPSA) is 40.6 Å². The summed E-state index contributed by atoms with van der Waals surface area (Å²) in [5, 5.41) is 0. The van der Waals surface area contributed by atoms with Gasteiger partial charge in [-0.15, -0.1) is 0 Å². The highest BCUT2D eigenvalue weighted by Gasteiger charge is 2.37. The standard InChI is InChI=1S/C14H24N2O2S/c1-2-19(17,18)16-7-5-15(6-8-16)11-14-10-12-3-4-13(14)9-12/h3-4,12-14H,2,5-11H2,1H3/t12-,13+,14-/m0/s1. The minimum Gasteiger partial charge on any atom is -0.300 e. The lowest BCUT2D eigenvalue weighted by molar-refractivity contribution is 0.156. The summed E-state index contributed by atoms with van der Waals surface area (Å²) in [6.07, 6.45) is 7.48. The Morgan fingerprint density at radius 1 is 1.11 bits per heavy atom. The Morgan fingerprint density at radius 2 is 1.84 bits per heavy atom. The van der Waals surface area contributed by atoms with Gasteiger partial charge in [-0.25, -0.2) is 8.42 Å². The molecule has 3 rings (SSSR count). The van der Waals surface area contributed by atoms with Crippen LogP contribution < -0.4 is 0 Å². The fourth-order valence-corrected chi connectivity index (χ4v) is 4.89. The van der Waals surface area contributed by atoms with E-state index in [4.69, 9.17) is 0 Å². The number of nitrogens with zero attached hydrogens (tertiary/aromatic N) is 2. The number of hydrogen-bond acceptors (Lipinski definition) is 3. The maximum Gasteiger partial charge on any atom is 0.213 e. The summed E-state index contributed by atoms with van der Waals surface area (Å²) in [5.41, 5.74) is 0. The van der Waals surface area contributed by atoms with Crippen molar-refractivity contribution in [1.29, 1.82) is 0 Å². The second kappa shape index (κ2) is 5.19. The van der Waals surface area contributed by atoms with Crippen LogP contribution >= 0.6 is 0 Å². The average molecular weight is 284 g/mol. The lowest BCUT2D eigenvalue weighted by Gasteiger charge is -2.36. The number of allylic oxidation sites excluding steroid dienone is 2. The van der Waals surface area contributed by atoms with Crippen molar-refractivity contribution in [3.05, 3.63) is 12.2 Å². The average Bonchev–Trinajstić information content (AvgIpc) is 3.02. The first-order valence-electron chi connectivity index (χ1n) is 7.47. The predicted molar refractivity (Wildman–Crippen MR) is 76.3 cm³/mol. The second-order valence-electron chi connectivity index (χ2n) is 6.14. The molecule has 2 bridgehead atoms. The molecule has 0 aromatic rings. The maximum atomic E-state index is 11.8. The van der Waals surface area contributed by atoms with E-state index in [9.17, 15) is 8.42 Å². The Balaban J connectivity index is 1.50. The van der Waals surface area contributed by atoms with Gasteiger partial charge in [-0.3, -0.25) is 0 Å². The van der Waals surface area contributed by atoms with Crippen molar-refractivity contribution < 1.29 is 8.42 Å². The third-order valence-corrected chi connectivity index (χ3v) is 6.88. The van der Waals surface area contributed by atoms with Crippen molar-refractivity contribution in [2.24, 2.45) is 17.8 Å². The van der Waals surface area contributed by atoms with Gasteiger partial charge in [0.25, 0.3) is 0 Å². The minimum absolute atomic E-state index is 0.226. The largest absolute Gasteiger partial charge is 0.300 e. The third kappa shape index (κ3) is 2.73. The summed E-state index contributed by atoms with van der Waals surface area (Å²) in [6, 6.07) is 0. The van der Waals surface area contributed by atoms with E-state index >= 15 is 0 Å². The molecule has 4 nitrogen and oxygen atoms in total. The molecule has 1 heterocycles. The molecule has 2 fully saturated rings. The van der Waals surface area contributed by atoms with Crippen LogP contribution in [0.4, 0.5) is 0 Å². The molecule has 19 heavy (non-hydrogen) atoms. The van der Waals surface area contributed by atoms with Crippen molar-refractivity contribution in [2.75, 3.05) is 38.5 Å². The lowest BCUT2D eigenvalue weighted by atomic mass is 9.93. The zero-order valence-electron chi connectivity index (χ0n) is 11.7. The molecule has 1 saturated heterocycles. The Morgan fingerprint density at radius 3 is 2.37 bits per heavy atom. The molecular weight excluding hydrogens is 260 g/mol. The smallest absolute Gasteiger partial charge is 0.213 e. The van der Waals surface area contributed by atoms with Crippen molar-refractivity contribution >= 4 is 10.0 Å². The normalized spacial score (nSPS) is 36.2. The SMILES string of the molecule is CCS(=O)(=O)N1CCN(C[C@@H]2C[C@H]3C=C[C@@H]2C3)CC1. The van der Waals surface area contributed by atoms with E-state index in [1.54, 1.807) is 11.2 Å². The summed E-state index contributed by atoms with van der Waals surface area (Å²) in [4.78, 5) is 2.46. The Hall–Kier alpha value is -0.390. The van der Waals surface area contributed by atoms with Crippen molar-refractivity contribution in [3.63, 3.8) is 0 Å². The molecule has 5 heteroatoms. The number of hydrogen-bond donors (Lipinski definition) is 0. The van der Waals surface area contributed by atoms with E-state index in [0.29, 0.717) is 13.1 Å². The van der Waals surface area contributed by atoms with Crippen LogP contribution in [0.15, 0.2) is 12.2 Å². The monoisotopic (exact) mass is 284 g/mol. The van der Waals surface area contributed by atoms with Crippen molar-refractivity contribution in [3.8, 4) is 0 Å². The van der Waals surface area contributed by atoms with Gasteiger partial charge in [0.05, 0.1) is 5.75 Å². The highest BCUT2D eigenvalue weighted by Crippen LogP contribution is 2.43. The summed E-state index contributed by atoms with van der Waals surface area (Å²) in [6.45, 7) is 6.03. The molecule has 0 aromatic carbocycles. The molecule has 0 radical (unpaired) electrons. The van der Waals surface area contributed by atoms with Crippen LogP contribution in [0.25, 0.3) is 0 Å². The van der Waals surface area contributed by atoms with Gasteiger partial charge in [0, 0.05) is 32.7 Å². The van der Waals surface area contributed by atoms with Gasteiger partial charge < -0.3 is 4.90 Å². The summed E-state index contributed by atoms with van der Waals surface area (Å²) < 4.78 is 25.3. The third-order valence-electron chi connectivity index (χ3n) is 5.00. The van der Waals surface area contributed by atoms with E-state index in [0.717, 1.165) is 37.4 Å². The molecule has 0 N–H and O–H groups in total. The molecule has 0 unspecified atom stereocenters. The highest BCUT2D eigenvalue weighted by atomic mass is 32.2. The molecule has 108 valence electrons. The van der Waals surface area contributed by atoms with E-state index in [1.807, 2.05) is 0 Å². The molecule has 1 aliphatic heterocycles. The summed E-state index contributed by atoms with van der Waals surface area (Å²) >= 11 is 0. The molecule has 0 aromatic heterocycles. The number of rotatable bonds is 4. The van der Waals surface area contributed by atoms with E-state index in [2.05, 4.69) is 17.1 Å². The van der Waals surface area contributed by atoms with Crippen LogP contribution in [0.2, 0.25) is 0 Å². The maximum absolute atomic E-state index is 11.8. The Labute approximate surface area is 116 Å². The zero-order chi connectivity index (χ0) is 13.5. The Kier molecular flexibility index (Phi) is 3.71. The summed E-state index contributed by atoms with van der Waals surface area (Å²) in [5.74, 6) is 2.66. The van der Waals surface area contributed by atoms with Crippen LogP contribution in [0.1, 0.15) is 19.8 Å².